The van der Waals surface area contributed by atoms with Crippen molar-refractivity contribution in [2.24, 2.45) is 0 Å². The van der Waals surface area contributed by atoms with Gasteiger partial charge in [0.05, 0.1) is 0 Å². The van der Waals surface area contributed by atoms with Crippen LogP contribution in [0.4, 0.5) is 5.95 Å². The Balaban J connectivity index is 3.01. The van der Waals surface area contributed by atoms with Gasteiger partial charge >= 0.3 is 0 Å². The highest BCUT2D eigenvalue weighted by Crippen LogP contribution is 2.01. The normalized spacial score (nSPS) is 9.92. The molecule has 1 aromatic rings. The van der Waals surface area contributed by atoms with Gasteiger partial charge in [0.25, 0.3) is 0 Å². The van der Waals surface area contributed by atoms with Gasteiger partial charge in [-0.05, 0) is 0 Å². The van der Waals surface area contributed by atoms with Crippen molar-refractivity contribution in [1.29, 1.82) is 0 Å². The Morgan fingerprint density at radius 3 is 1.83 bits per heavy atom. The second kappa shape index (κ2) is 3.99. The van der Waals surface area contributed by atoms with Gasteiger partial charge in [-0.15, -0.1) is 0 Å². The third kappa shape index (κ3) is 1.90. The lowest BCUT2D eigenvalue weighted by molar-refractivity contribution is 0.830. The zero-order chi connectivity index (χ0) is 8.97. The van der Waals surface area contributed by atoms with Crippen LogP contribution in [0.3, 0.4) is 0 Å². The van der Waals surface area contributed by atoms with Crippen molar-refractivity contribution in [3.63, 3.8) is 0 Å². The van der Waals surface area contributed by atoms with E-state index < -0.39 is 0 Å². The molecule has 0 aliphatic heterocycles. The smallest absolute Gasteiger partial charge is 0.225 e. The van der Waals surface area contributed by atoms with E-state index in [-0.39, 0.29) is 0 Å². The van der Waals surface area contributed by atoms with Gasteiger partial charge < -0.3 is 5.32 Å². The summed E-state index contributed by atoms with van der Waals surface area (Å²) in [6, 6.07) is 0. The fourth-order valence-corrected chi connectivity index (χ4v) is 0.896. The lowest BCUT2D eigenvalue weighted by atomic mass is 10.4. The first-order valence-corrected chi connectivity index (χ1v) is 4.21. The Morgan fingerprint density at radius 1 is 1.00 bits per heavy atom. The molecule has 1 aromatic heterocycles. The lowest BCUT2D eigenvalue weighted by Crippen LogP contribution is -2.06. The van der Waals surface area contributed by atoms with Crippen molar-refractivity contribution >= 4 is 5.95 Å². The van der Waals surface area contributed by atoms with Crippen LogP contribution >= 0.6 is 0 Å². The minimum atomic E-state index is 0.665. The maximum Gasteiger partial charge on any atom is 0.225 e. The van der Waals surface area contributed by atoms with Crippen molar-refractivity contribution in [1.82, 2.24) is 15.0 Å². The summed E-state index contributed by atoms with van der Waals surface area (Å²) in [6.07, 6.45) is 1.70. The lowest BCUT2D eigenvalue weighted by Gasteiger charge is -2.02. The number of nitrogens with zero attached hydrogens (tertiary/aromatic N) is 3. The molecule has 4 heteroatoms. The van der Waals surface area contributed by atoms with Crippen molar-refractivity contribution in [2.75, 3.05) is 12.4 Å². The van der Waals surface area contributed by atoms with Crippen LogP contribution in [-0.4, -0.2) is 22.0 Å². The highest BCUT2D eigenvalue weighted by atomic mass is 15.1. The Morgan fingerprint density at radius 2 is 1.50 bits per heavy atom. The Bertz CT molecular complexity index is 204. The molecule has 1 heterocycles. The molecule has 0 unspecified atom stereocenters. The molecule has 12 heavy (non-hydrogen) atoms. The Hall–Kier alpha value is -1.19. The predicted octanol–water partition coefficient (Wildman–Crippen LogP) is 1.04. The first kappa shape index (κ1) is 8.90. The summed E-state index contributed by atoms with van der Waals surface area (Å²) in [5, 5.41) is 2.91. The number of aromatic nitrogens is 3. The summed E-state index contributed by atoms with van der Waals surface area (Å²) in [5.41, 5.74) is 0. The van der Waals surface area contributed by atoms with Gasteiger partial charge in [0.15, 0.2) is 0 Å². The second-order valence-electron chi connectivity index (χ2n) is 2.45. The first-order valence-electron chi connectivity index (χ1n) is 4.21. The summed E-state index contributed by atoms with van der Waals surface area (Å²) in [5.74, 6) is 2.37. The average Bonchev–Trinajstić information content (AvgIpc) is 2.16. The monoisotopic (exact) mass is 166 g/mol. The zero-order valence-electron chi connectivity index (χ0n) is 7.76. The third-order valence-electron chi connectivity index (χ3n) is 1.58. The van der Waals surface area contributed by atoms with E-state index in [0.29, 0.717) is 5.95 Å². The molecule has 66 valence electrons. The minimum absolute atomic E-state index is 0.665. The number of hydrogen-bond donors (Lipinski definition) is 1. The molecule has 0 aliphatic carbocycles. The summed E-state index contributed by atoms with van der Waals surface area (Å²) in [6.45, 7) is 4.07. The predicted molar refractivity (Wildman–Crippen MR) is 48.1 cm³/mol. The molecule has 0 saturated carbocycles. The van der Waals surface area contributed by atoms with E-state index in [9.17, 15) is 0 Å². The molecule has 0 atom stereocenters. The molecule has 0 spiro atoms. The van der Waals surface area contributed by atoms with Crippen LogP contribution in [0.2, 0.25) is 0 Å². The highest BCUT2D eigenvalue weighted by Gasteiger charge is 2.01. The van der Waals surface area contributed by atoms with E-state index in [2.05, 4.69) is 20.3 Å². The standard InChI is InChI=1S/C8H14N4/c1-4-6-10-7(5-2)12-8(9-3)11-6/h4-5H2,1-3H3,(H,9,10,11,12). The molecule has 0 amide bonds. The largest absolute Gasteiger partial charge is 0.357 e. The summed E-state index contributed by atoms with van der Waals surface area (Å²) in [4.78, 5) is 12.6. The topological polar surface area (TPSA) is 50.7 Å². The molecule has 0 aromatic carbocycles. The van der Waals surface area contributed by atoms with Gasteiger partial charge in [0.2, 0.25) is 5.95 Å². The molecule has 1 N–H and O–H groups in total. The quantitative estimate of drug-likeness (QED) is 0.728. The molecule has 4 nitrogen and oxygen atoms in total. The molecule has 0 aliphatic rings. The van der Waals surface area contributed by atoms with Crippen LogP contribution < -0.4 is 5.32 Å². The van der Waals surface area contributed by atoms with Gasteiger partial charge in [-0.25, -0.2) is 4.98 Å². The second-order valence-corrected chi connectivity index (χ2v) is 2.45. The highest BCUT2D eigenvalue weighted by molar-refractivity contribution is 5.22. The van der Waals surface area contributed by atoms with E-state index in [0.717, 1.165) is 24.5 Å². The number of anilines is 1. The Labute approximate surface area is 72.5 Å². The van der Waals surface area contributed by atoms with Crippen LogP contribution in [0.5, 0.6) is 0 Å². The zero-order valence-corrected chi connectivity index (χ0v) is 7.76. The summed E-state index contributed by atoms with van der Waals surface area (Å²) in [7, 11) is 1.81. The van der Waals surface area contributed by atoms with Gasteiger partial charge in [-0.3, -0.25) is 0 Å². The number of rotatable bonds is 3. The molecular formula is C8H14N4. The van der Waals surface area contributed by atoms with Crippen molar-refractivity contribution in [2.45, 2.75) is 26.7 Å². The van der Waals surface area contributed by atoms with Crippen molar-refractivity contribution in [3.05, 3.63) is 11.6 Å². The fourth-order valence-electron chi connectivity index (χ4n) is 0.896. The molecule has 1 rings (SSSR count). The van der Waals surface area contributed by atoms with E-state index in [1.807, 2.05) is 20.9 Å². The van der Waals surface area contributed by atoms with Crippen LogP contribution in [0.1, 0.15) is 25.5 Å². The molecule has 0 radical (unpaired) electrons. The molecule has 0 bridgehead atoms. The van der Waals surface area contributed by atoms with Gasteiger partial charge in [-0.2, -0.15) is 9.97 Å². The maximum absolute atomic E-state index is 4.26. The van der Waals surface area contributed by atoms with Crippen LogP contribution in [-0.2, 0) is 12.8 Å². The summed E-state index contributed by atoms with van der Waals surface area (Å²) < 4.78 is 0. The average molecular weight is 166 g/mol. The number of hydrogen-bond acceptors (Lipinski definition) is 4. The Kier molecular flexibility index (Phi) is 2.96. The third-order valence-corrected chi connectivity index (χ3v) is 1.58. The summed E-state index contributed by atoms with van der Waals surface area (Å²) >= 11 is 0. The van der Waals surface area contributed by atoms with Crippen molar-refractivity contribution in [3.8, 4) is 0 Å². The fraction of sp³-hybridized carbons (Fsp3) is 0.625. The van der Waals surface area contributed by atoms with E-state index in [4.69, 9.17) is 0 Å². The molecule has 0 fully saturated rings. The van der Waals surface area contributed by atoms with Crippen molar-refractivity contribution < 1.29 is 0 Å². The molecular weight excluding hydrogens is 152 g/mol. The minimum Gasteiger partial charge on any atom is -0.357 e. The van der Waals surface area contributed by atoms with Crippen LogP contribution in [0.25, 0.3) is 0 Å². The van der Waals surface area contributed by atoms with Crippen LogP contribution in [0.15, 0.2) is 0 Å². The van der Waals surface area contributed by atoms with Gasteiger partial charge in [0, 0.05) is 19.9 Å². The number of nitrogens with one attached hydrogen (secondary N) is 1. The van der Waals surface area contributed by atoms with Crippen LogP contribution in [0, 0.1) is 0 Å². The SMILES string of the molecule is CCc1nc(CC)nc(NC)n1. The van der Waals surface area contributed by atoms with E-state index >= 15 is 0 Å². The number of aryl methyl sites for hydroxylation is 2. The first-order chi connectivity index (χ1) is 5.80. The van der Waals surface area contributed by atoms with Gasteiger partial charge in [-0.1, -0.05) is 13.8 Å². The maximum atomic E-state index is 4.26. The van der Waals surface area contributed by atoms with Gasteiger partial charge in [0.1, 0.15) is 11.6 Å². The molecule has 0 saturated heterocycles. The van der Waals surface area contributed by atoms with E-state index in [1.165, 1.54) is 0 Å². The van der Waals surface area contributed by atoms with E-state index in [1.54, 1.807) is 0 Å².